The Kier molecular flexibility index (Phi) is 6.96. The molecule has 0 saturated heterocycles. The number of rotatable bonds is 6. The molecule has 0 saturated carbocycles. The van der Waals surface area contributed by atoms with Crippen molar-refractivity contribution < 1.29 is 18.4 Å². The molecule has 3 aromatic rings. The lowest BCUT2D eigenvalue weighted by Gasteiger charge is -2.23. The van der Waals surface area contributed by atoms with Crippen LogP contribution in [-0.2, 0) is 16.0 Å². The first-order chi connectivity index (χ1) is 16.4. The van der Waals surface area contributed by atoms with Crippen molar-refractivity contribution in [2.24, 2.45) is 4.99 Å². The molecule has 8 heteroatoms. The number of carbonyl (C=O) groups excluding carboxylic acids is 2. The summed E-state index contributed by atoms with van der Waals surface area (Å²) in [4.78, 5) is 29.7. The van der Waals surface area contributed by atoms with Gasteiger partial charge in [-0.2, -0.15) is 0 Å². The maximum absolute atomic E-state index is 13.4. The van der Waals surface area contributed by atoms with Gasteiger partial charge in [0.05, 0.1) is 24.9 Å². The van der Waals surface area contributed by atoms with Gasteiger partial charge in [0.25, 0.3) is 5.91 Å². The third-order valence-corrected chi connectivity index (χ3v) is 5.39. The van der Waals surface area contributed by atoms with Crippen LogP contribution in [0, 0.1) is 11.6 Å². The molecule has 2 amide bonds. The zero-order chi connectivity index (χ0) is 24.1. The maximum Gasteiger partial charge on any atom is 0.260 e. The fourth-order valence-electron chi connectivity index (χ4n) is 3.78. The van der Waals surface area contributed by atoms with E-state index in [1.54, 1.807) is 11.9 Å². The van der Waals surface area contributed by atoms with Crippen molar-refractivity contribution in [3.63, 3.8) is 0 Å². The number of hydrogen-bond acceptors (Lipinski definition) is 4. The van der Waals surface area contributed by atoms with E-state index in [0.717, 1.165) is 39.9 Å². The second-order valence-electron chi connectivity index (χ2n) is 8.03. The molecule has 2 N–H and O–H groups in total. The highest BCUT2D eigenvalue weighted by Crippen LogP contribution is 2.13. The number of nitrogens with zero attached hydrogens (tertiary/aromatic N) is 2. The molecule has 0 aromatic heterocycles. The quantitative estimate of drug-likeness (QED) is 0.589. The van der Waals surface area contributed by atoms with Gasteiger partial charge in [0.15, 0.2) is 0 Å². The van der Waals surface area contributed by atoms with E-state index in [4.69, 9.17) is 0 Å². The smallest absolute Gasteiger partial charge is 0.260 e. The van der Waals surface area contributed by atoms with Gasteiger partial charge in [-0.3, -0.25) is 25.0 Å². The summed E-state index contributed by atoms with van der Waals surface area (Å²) < 4.78 is 26.7. The Labute approximate surface area is 195 Å². The van der Waals surface area contributed by atoms with E-state index in [1.165, 1.54) is 0 Å². The van der Waals surface area contributed by atoms with Gasteiger partial charge in [-0.05, 0) is 41.8 Å². The van der Waals surface area contributed by atoms with E-state index < -0.39 is 29.5 Å². The van der Waals surface area contributed by atoms with Gasteiger partial charge >= 0.3 is 0 Å². The minimum absolute atomic E-state index is 0.190. The number of hydrazine groups is 1. The van der Waals surface area contributed by atoms with E-state index >= 15 is 0 Å². The summed E-state index contributed by atoms with van der Waals surface area (Å²) in [5.41, 5.74) is 5.03. The van der Waals surface area contributed by atoms with Crippen molar-refractivity contribution in [2.45, 2.75) is 19.4 Å². The molecule has 3 aromatic carbocycles. The summed E-state index contributed by atoms with van der Waals surface area (Å²) in [6.07, 6.45) is 1.60. The molecular weight excluding hydrogens is 438 g/mol. The van der Waals surface area contributed by atoms with Crippen LogP contribution in [0.2, 0.25) is 0 Å². The molecule has 6 nitrogen and oxygen atoms in total. The Morgan fingerprint density at radius 3 is 2.50 bits per heavy atom. The molecule has 0 bridgehead atoms. The molecule has 0 spiro atoms. The van der Waals surface area contributed by atoms with Crippen LogP contribution in [0.25, 0.3) is 17.3 Å². The van der Waals surface area contributed by atoms with Crippen LogP contribution in [0.4, 0.5) is 8.78 Å². The number of nitrogens with one attached hydrogen (secondary N) is 2. The lowest BCUT2D eigenvalue weighted by molar-refractivity contribution is -0.130. The Bertz CT molecular complexity index is 1310. The molecule has 1 heterocycles. The van der Waals surface area contributed by atoms with Crippen molar-refractivity contribution >= 4 is 18.0 Å². The maximum atomic E-state index is 13.4. The molecule has 0 radical (unpaired) electrons. The van der Waals surface area contributed by atoms with Gasteiger partial charge in [-0.25, -0.2) is 8.78 Å². The first kappa shape index (κ1) is 23.1. The fourth-order valence-corrected chi connectivity index (χ4v) is 3.78. The molecule has 4 rings (SSSR count). The Morgan fingerprint density at radius 2 is 1.76 bits per heavy atom. The highest BCUT2D eigenvalue weighted by Gasteiger charge is 2.18. The summed E-state index contributed by atoms with van der Waals surface area (Å²) in [6, 6.07) is 17.8. The Balaban J connectivity index is 1.46. The molecule has 0 fully saturated rings. The van der Waals surface area contributed by atoms with Crippen LogP contribution in [-0.4, -0.2) is 36.0 Å². The molecular formula is C26H24F2N4O2. The van der Waals surface area contributed by atoms with Gasteiger partial charge in [0, 0.05) is 17.5 Å². The van der Waals surface area contributed by atoms with Gasteiger partial charge in [-0.15, -0.1) is 0 Å². The summed E-state index contributed by atoms with van der Waals surface area (Å²) in [5.74, 6) is -2.45. The van der Waals surface area contributed by atoms with Crippen LogP contribution in [0.5, 0.6) is 0 Å². The SMILES string of the molecule is C[C@H](NC(=O)Cc1cc(F)cc(F)c1)C(=O)NN1C=c2c(-c3ccccc3)cccc2=NCC1. The topological polar surface area (TPSA) is 73.8 Å². The Morgan fingerprint density at radius 1 is 1.03 bits per heavy atom. The number of halogens is 2. The zero-order valence-electron chi connectivity index (χ0n) is 18.6. The molecule has 174 valence electrons. The monoisotopic (exact) mass is 462 g/mol. The average molecular weight is 463 g/mol. The van der Waals surface area contributed by atoms with Crippen LogP contribution in [0.15, 0.2) is 71.7 Å². The number of amides is 2. The first-order valence-corrected chi connectivity index (χ1v) is 10.9. The van der Waals surface area contributed by atoms with Gasteiger partial charge in [0.2, 0.25) is 5.91 Å². The van der Waals surface area contributed by atoms with Crippen molar-refractivity contribution in [1.82, 2.24) is 15.8 Å². The highest BCUT2D eigenvalue weighted by molar-refractivity contribution is 5.88. The van der Waals surface area contributed by atoms with Crippen molar-refractivity contribution in [2.75, 3.05) is 13.1 Å². The van der Waals surface area contributed by atoms with Crippen LogP contribution in [0.1, 0.15) is 12.5 Å². The first-order valence-electron chi connectivity index (χ1n) is 10.9. The highest BCUT2D eigenvalue weighted by atomic mass is 19.1. The normalized spacial score (nSPS) is 13.6. The Hall–Kier alpha value is -4.07. The molecule has 1 aliphatic rings. The van der Waals surface area contributed by atoms with Crippen molar-refractivity contribution in [3.05, 3.63) is 94.5 Å². The van der Waals surface area contributed by atoms with Crippen molar-refractivity contribution in [3.8, 4) is 11.1 Å². The minimum Gasteiger partial charge on any atom is -0.344 e. The van der Waals surface area contributed by atoms with E-state index in [2.05, 4.69) is 15.7 Å². The summed E-state index contributed by atoms with van der Waals surface area (Å²) in [5, 5.41) is 5.95. The van der Waals surface area contributed by atoms with Gasteiger partial charge in [0.1, 0.15) is 17.7 Å². The third kappa shape index (κ3) is 5.64. The third-order valence-electron chi connectivity index (χ3n) is 5.39. The standard InChI is InChI=1S/C26H24F2N4O2/c1-17(30-25(33)14-18-12-20(27)15-21(28)13-18)26(34)31-32-11-10-29-24-9-5-8-22(23(24)16-32)19-6-3-2-4-7-19/h2-9,12-13,15-17H,10-11,14H2,1H3,(H,30,33)(H,31,34)/t17-/m0/s1. The molecule has 1 atom stereocenters. The van der Waals surface area contributed by atoms with Gasteiger partial charge < -0.3 is 5.32 Å². The van der Waals surface area contributed by atoms with E-state index in [1.807, 2.05) is 54.7 Å². The van der Waals surface area contributed by atoms with E-state index in [9.17, 15) is 18.4 Å². The van der Waals surface area contributed by atoms with E-state index in [-0.39, 0.29) is 12.0 Å². The summed E-state index contributed by atoms with van der Waals surface area (Å²) in [6.45, 7) is 2.48. The van der Waals surface area contributed by atoms with Crippen LogP contribution >= 0.6 is 0 Å². The minimum atomic E-state index is -0.858. The predicted octanol–water partition coefficient (Wildman–Crippen LogP) is 2.08. The number of hydrogen-bond donors (Lipinski definition) is 2. The second kappa shape index (κ2) is 10.2. The lowest BCUT2D eigenvalue weighted by atomic mass is 10.0. The largest absolute Gasteiger partial charge is 0.344 e. The molecule has 1 aliphatic heterocycles. The lowest BCUT2D eigenvalue weighted by Crippen LogP contribution is -2.50. The average Bonchev–Trinajstić information content (AvgIpc) is 3.00. The predicted molar refractivity (Wildman–Crippen MR) is 125 cm³/mol. The van der Waals surface area contributed by atoms with E-state index in [0.29, 0.717) is 13.1 Å². The second-order valence-corrected chi connectivity index (χ2v) is 8.03. The zero-order valence-corrected chi connectivity index (χ0v) is 18.6. The van der Waals surface area contributed by atoms with Crippen LogP contribution < -0.4 is 21.3 Å². The summed E-state index contributed by atoms with van der Waals surface area (Å²) in [7, 11) is 0. The van der Waals surface area contributed by atoms with Crippen molar-refractivity contribution in [1.29, 1.82) is 0 Å². The molecule has 0 aliphatic carbocycles. The summed E-state index contributed by atoms with van der Waals surface area (Å²) >= 11 is 0. The van der Waals surface area contributed by atoms with Crippen LogP contribution in [0.3, 0.4) is 0 Å². The number of benzene rings is 3. The molecule has 0 unspecified atom stereocenters. The van der Waals surface area contributed by atoms with Gasteiger partial charge in [-0.1, -0.05) is 42.5 Å². The molecule has 34 heavy (non-hydrogen) atoms. The number of carbonyl (C=O) groups is 2. The number of fused-ring (bicyclic) bond motifs is 1. The fraction of sp³-hybridized carbons (Fsp3) is 0.192.